The molecule has 0 heterocycles. The van der Waals surface area contributed by atoms with E-state index in [-0.39, 0.29) is 18.8 Å². The Hall–Kier alpha value is -1.59. The molecule has 2 rings (SSSR count). The Morgan fingerprint density at radius 3 is 2.43 bits per heavy atom. The minimum Gasteiger partial charge on any atom is -0.372 e. The fourth-order valence-corrected chi connectivity index (χ4v) is 2.22. The molecule has 0 bridgehead atoms. The first-order valence-electron chi connectivity index (χ1n) is 6.23. The van der Waals surface area contributed by atoms with Crippen LogP contribution < -0.4 is 0 Å². The first-order chi connectivity index (χ1) is 9.88. The second-order valence-corrected chi connectivity index (χ2v) is 4.89. The number of rotatable bonds is 5. The zero-order chi connectivity index (χ0) is 15.5. The van der Waals surface area contributed by atoms with E-state index < -0.39 is 12.8 Å². The summed E-state index contributed by atoms with van der Waals surface area (Å²) in [5.41, 5.74) is 0.436. The van der Waals surface area contributed by atoms with Crippen LogP contribution in [0.1, 0.15) is 16.8 Å². The van der Waals surface area contributed by atoms with Gasteiger partial charge in [-0.2, -0.15) is 13.2 Å². The highest BCUT2D eigenvalue weighted by Crippen LogP contribution is 2.27. The SMILES string of the molecule is O=C(CCOCC(F)(F)F)c1ccc(Cl)c2ccccc12. The molecule has 0 amide bonds. The molecule has 0 aliphatic rings. The summed E-state index contributed by atoms with van der Waals surface area (Å²) in [4.78, 5) is 12.1. The topological polar surface area (TPSA) is 26.3 Å². The van der Waals surface area contributed by atoms with Crippen LogP contribution in [0.25, 0.3) is 10.8 Å². The van der Waals surface area contributed by atoms with Crippen molar-refractivity contribution in [1.29, 1.82) is 0 Å². The molecule has 21 heavy (non-hydrogen) atoms. The van der Waals surface area contributed by atoms with Gasteiger partial charge in [0.05, 0.1) is 6.61 Å². The number of ether oxygens (including phenoxy) is 1. The number of carbonyl (C=O) groups excluding carboxylic acids is 1. The summed E-state index contributed by atoms with van der Waals surface area (Å²) in [5.74, 6) is -0.273. The number of benzene rings is 2. The number of carbonyl (C=O) groups is 1. The second-order valence-electron chi connectivity index (χ2n) is 4.48. The lowest BCUT2D eigenvalue weighted by molar-refractivity contribution is -0.173. The van der Waals surface area contributed by atoms with Crippen LogP contribution in [0.4, 0.5) is 13.2 Å². The van der Waals surface area contributed by atoms with E-state index in [9.17, 15) is 18.0 Å². The maximum Gasteiger partial charge on any atom is 0.411 e. The molecule has 0 aliphatic carbocycles. The first kappa shape index (κ1) is 15.8. The van der Waals surface area contributed by atoms with Gasteiger partial charge < -0.3 is 4.74 Å². The van der Waals surface area contributed by atoms with Gasteiger partial charge in [-0.25, -0.2) is 0 Å². The van der Waals surface area contributed by atoms with Gasteiger partial charge in [-0.3, -0.25) is 4.79 Å². The minimum atomic E-state index is -4.38. The molecular weight excluding hydrogens is 305 g/mol. The van der Waals surface area contributed by atoms with Crippen LogP contribution in [0.3, 0.4) is 0 Å². The monoisotopic (exact) mass is 316 g/mol. The van der Waals surface area contributed by atoms with Crippen molar-refractivity contribution in [3.05, 3.63) is 47.0 Å². The van der Waals surface area contributed by atoms with Crippen LogP contribution in [-0.2, 0) is 4.74 Å². The van der Waals surface area contributed by atoms with Gasteiger partial charge >= 0.3 is 6.18 Å². The molecule has 0 radical (unpaired) electrons. The van der Waals surface area contributed by atoms with Crippen molar-refractivity contribution in [3.8, 4) is 0 Å². The zero-order valence-electron chi connectivity index (χ0n) is 10.9. The second kappa shape index (κ2) is 6.45. The number of ketones is 1. The van der Waals surface area contributed by atoms with E-state index in [1.54, 1.807) is 36.4 Å². The molecule has 0 spiro atoms. The number of halogens is 4. The quantitative estimate of drug-likeness (QED) is 0.593. The summed E-state index contributed by atoms with van der Waals surface area (Å²) in [6.45, 7) is -1.61. The van der Waals surface area contributed by atoms with Gasteiger partial charge in [0.15, 0.2) is 5.78 Å². The van der Waals surface area contributed by atoms with E-state index >= 15 is 0 Å². The van der Waals surface area contributed by atoms with Gasteiger partial charge in [0.1, 0.15) is 6.61 Å². The number of hydrogen-bond acceptors (Lipinski definition) is 2. The van der Waals surface area contributed by atoms with E-state index in [4.69, 9.17) is 11.6 Å². The third kappa shape index (κ3) is 4.19. The molecule has 0 aromatic heterocycles. The van der Waals surface area contributed by atoms with Crippen molar-refractivity contribution >= 4 is 28.2 Å². The average Bonchev–Trinajstić information content (AvgIpc) is 2.43. The highest BCUT2D eigenvalue weighted by atomic mass is 35.5. The summed E-state index contributed by atoms with van der Waals surface area (Å²) >= 11 is 6.05. The lowest BCUT2D eigenvalue weighted by Gasteiger charge is -2.09. The lowest BCUT2D eigenvalue weighted by atomic mass is 10.00. The van der Waals surface area contributed by atoms with Crippen molar-refractivity contribution in [2.45, 2.75) is 12.6 Å². The fraction of sp³-hybridized carbons (Fsp3) is 0.267. The van der Waals surface area contributed by atoms with Crippen LogP contribution >= 0.6 is 11.6 Å². The fourth-order valence-electron chi connectivity index (χ4n) is 1.99. The summed E-state index contributed by atoms with van der Waals surface area (Å²) in [7, 11) is 0. The van der Waals surface area contributed by atoms with Crippen molar-refractivity contribution in [2.24, 2.45) is 0 Å². The Kier molecular flexibility index (Phi) is 4.85. The van der Waals surface area contributed by atoms with Gasteiger partial charge in [0.25, 0.3) is 0 Å². The molecule has 2 aromatic rings. The molecular formula is C15H12ClF3O2. The third-order valence-corrected chi connectivity index (χ3v) is 3.24. The van der Waals surface area contributed by atoms with Gasteiger partial charge in [-0.05, 0) is 17.5 Å². The predicted octanol–water partition coefficient (Wildman–Crippen LogP) is 4.64. The summed E-state index contributed by atoms with van der Waals surface area (Å²) in [6.07, 6.45) is -4.49. The van der Waals surface area contributed by atoms with E-state index in [0.717, 1.165) is 5.39 Å². The van der Waals surface area contributed by atoms with E-state index in [1.807, 2.05) is 0 Å². The summed E-state index contributed by atoms with van der Waals surface area (Å²) in [6, 6.07) is 10.3. The predicted molar refractivity (Wildman–Crippen MR) is 74.8 cm³/mol. The Balaban J connectivity index is 2.08. The highest BCUT2D eigenvalue weighted by Gasteiger charge is 2.27. The molecule has 2 aromatic carbocycles. The highest BCUT2D eigenvalue weighted by molar-refractivity contribution is 6.36. The number of Topliss-reactive ketones (excluding diaryl/α,β-unsaturated/α-hetero) is 1. The van der Waals surface area contributed by atoms with E-state index in [0.29, 0.717) is 16.0 Å². The van der Waals surface area contributed by atoms with Crippen LogP contribution in [-0.4, -0.2) is 25.2 Å². The minimum absolute atomic E-state index is 0.109. The first-order valence-corrected chi connectivity index (χ1v) is 6.61. The Labute approximate surface area is 124 Å². The number of fused-ring (bicyclic) bond motifs is 1. The van der Waals surface area contributed by atoms with Crippen LogP contribution in [0.2, 0.25) is 5.02 Å². The Bertz CT molecular complexity index is 653. The Morgan fingerprint density at radius 1 is 1.10 bits per heavy atom. The van der Waals surface area contributed by atoms with Crippen LogP contribution in [0.15, 0.2) is 36.4 Å². The lowest BCUT2D eigenvalue weighted by Crippen LogP contribution is -2.18. The van der Waals surface area contributed by atoms with Gasteiger partial charge in [0.2, 0.25) is 0 Å². The van der Waals surface area contributed by atoms with Gasteiger partial charge in [0, 0.05) is 22.4 Å². The maximum absolute atomic E-state index is 12.1. The molecule has 0 saturated carbocycles. The van der Waals surface area contributed by atoms with Crippen molar-refractivity contribution in [3.63, 3.8) is 0 Å². The van der Waals surface area contributed by atoms with E-state index in [2.05, 4.69) is 4.74 Å². The maximum atomic E-state index is 12.1. The van der Waals surface area contributed by atoms with Crippen molar-refractivity contribution < 1.29 is 22.7 Å². The summed E-state index contributed by atoms with van der Waals surface area (Å²) in [5, 5.41) is 1.95. The molecule has 0 saturated heterocycles. The van der Waals surface area contributed by atoms with Crippen LogP contribution in [0.5, 0.6) is 0 Å². The molecule has 6 heteroatoms. The standard InChI is InChI=1S/C15H12ClF3O2/c16-13-6-5-12(10-3-1-2-4-11(10)13)14(20)7-8-21-9-15(17,18)19/h1-6H,7-9H2. The van der Waals surface area contributed by atoms with Crippen molar-refractivity contribution in [2.75, 3.05) is 13.2 Å². The molecule has 0 N–H and O–H groups in total. The molecule has 0 atom stereocenters. The molecule has 0 fully saturated rings. The normalized spacial score (nSPS) is 11.8. The third-order valence-electron chi connectivity index (χ3n) is 2.91. The largest absolute Gasteiger partial charge is 0.411 e. The molecule has 112 valence electrons. The summed E-state index contributed by atoms with van der Waals surface area (Å²) < 4.78 is 40.2. The van der Waals surface area contributed by atoms with Crippen molar-refractivity contribution in [1.82, 2.24) is 0 Å². The molecule has 0 aliphatic heterocycles. The molecule has 0 unspecified atom stereocenters. The van der Waals surface area contributed by atoms with Gasteiger partial charge in [-0.1, -0.05) is 35.9 Å². The van der Waals surface area contributed by atoms with Crippen LogP contribution in [0, 0.1) is 0 Å². The van der Waals surface area contributed by atoms with Gasteiger partial charge in [-0.15, -0.1) is 0 Å². The average molecular weight is 317 g/mol. The Morgan fingerprint density at radius 2 is 1.76 bits per heavy atom. The number of alkyl halides is 3. The van der Waals surface area contributed by atoms with E-state index in [1.165, 1.54) is 0 Å². The smallest absolute Gasteiger partial charge is 0.372 e. The zero-order valence-corrected chi connectivity index (χ0v) is 11.7. The molecule has 2 nitrogen and oxygen atoms in total. The number of hydrogen-bond donors (Lipinski definition) is 0.